The van der Waals surface area contributed by atoms with E-state index < -0.39 is 0 Å². The van der Waals surface area contributed by atoms with Gasteiger partial charge in [-0.15, -0.1) is 11.3 Å². The van der Waals surface area contributed by atoms with Gasteiger partial charge in [0, 0.05) is 10.4 Å². The van der Waals surface area contributed by atoms with Crippen molar-refractivity contribution >= 4 is 11.3 Å². The summed E-state index contributed by atoms with van der Waals surface area (Å²) < 4.78 is 0. The van der Waals surface area contributed by atoms with Crippen LogP contribution in [0.25, 0.3) is 0 Å². The molecule has 1 aromatic heterocycles. The predicted molar refractivity (Wildman–Crippen MR) is 82.4 cm³/mol. The molecule has 104 valence electrons. The van der Waals surface area contributed by atoms with Crippen molar-refractivity contribution < 1.29 is 0 Å². The number of hydrogen-bond donors (Lipinski definition) is 1. The lowest BCUT2D eigenvalue weighted by Crippen LogP contribution is -2.55. The third kappa shape index (κ3) is 2.79. The fraction of sp³-hybridized carbons (Fsp3) is 0.733. The summed E-state index contributed by atoms with van der Waals surface area (Å²) in [5.41, 5.74) is 0.225. The molecule has 0 amide bonds. The molecule has 1 heterocycles. The van der Waals surface area contributed by atoms with Crippen LogP contribution in [0, 0.1) is 0 Å². The Bertz CT molecular complexity index is 313. The zero-order valence-corrected chi connectivity index (χ0v) is 13.3. The first-order valence-electron chi connectivity index (χ1n) is 7.15. The Morgan fingerprint density at radius 1 is 1.22 bits per heavy atom. The lowest BCUT2D eigenvalue weighted by atomic mass is 9.81. The molecule has 0 bridgehead atoms. The molecule has 0 aliphatic carbocycles. The molecule has 18 heavy (non-hydrogen) atoms. The predicted octanol–water partition coefficient (Wildman–Crippen LogP) is 3.91. The van der Waals surface area contributed by atoms with E-state index in [2.05, 4.69) is 62.5 Å². The molecule has 0 saturated carbocycles. The fourth-order valence-corrected chi connectivity index (χ4v) is 4.22. The lowest BCUT2D eigenvalue weighted by molar-refractivity contribution is 0.0527. The van der Waals surface area contributed by atoms with Gasteiger partial charge in [0.05, 0.1) is 6.04 Å². The van der Waals surface area contributed by atoms with Crippen molar-refractivity contribution in [1.82, 2.24) is 10.2 Å². The number of thiophene rings is 1. The van der Waals surface area contributed by atoms with Gasteiger partial charge in [-0.05, 0) is 44.4 Å². The summed E-state index contributed by atoms with van der Waals surface area (Å²) >= 11 is 1.86. The Morgan fingerprint density at radius 3 is 2.17 bits per heavy atom. The largest absolute Gasteiger partial charge is 0.311 e. The van der Waals surface area contributed by atoms with Gasteiger partial charge < -0.3 is 5.32 Å². The molecule has 0 aromatic carbocycles. The summed E-state index contributed by atoms with van der Waals surface area (Å²) in [6.45, 7) is 11.4. The van der Waals surface area contributed by atoms with Gasteiger partial charge in [-0.25, -0.2) is 0 Å². The van der Waals surface area contributed by atoms with Crippen molar-refractivity contribution in [2.45, 2.75) is 52.1 Å². The lowest BCUT2D eigenvalue weighted by Gasteiger charge is -2.47. The van der Waals surface area contributed by atoms with Crippen LogP contribution >= 0.6 is 11.3 Å². The van der Waals surface area contributed by atoms with E-state index in [1.165, 1.54) is 17.7 Å². The molecule has 0 fully saturated rings. The standard InChI is InChI=1S/C15H28N2S/c1-6-15(7-2,17(8-3)9-4)14(16-5)13-11-10-12-18-13/h10-12,14,16H,6-9H2,1-5H3. The highest BCUT2D eigenvalue weighted by Crippen LogP contribution is 2.38. The molecule has 0 aliphatic rings. The Labute approximate surface area is 116 Å². The molecule has 1 unspecified atom stereocenters. The summed E-state index contributed by atoms with van der Waals surface area (Å²) in [5, 5.41) is 5.74. The van der Waals surface area contributed by atoms with Gasteiger partial charge in [-0.2, -0.15) is 0 Å². The number of likely N-dealkylation sites (N-methyl/N-ethyl adjacent to an activating group) is 2. The van der Waals surface area contributed by atoms with Gasteiger partial charge in [0.1, 0.15) is 0 Å². The summed E-state index contributed by atoms with van der Waals surface area (Å²) in [4.78, 5) is 4.07. The van der Waals surface area contributed by atoms with Crippen molar-refractivity contribution in [3.05, 3.63) is 22.4 Å². The molecule has 1 rings (SSSR count). The minimum Gasteiger partial charge on any atom is -0.311 e. The van der Waals surface area contributed by atoms with Crippen molar-refractivity contribution in [2.75, 3.05) is 20.1 Å². The van der Waals surface area contributed by atoms with Crippen LogP contribution in [-0.2, 0) is 0 Å². The van der Waals surface area contributed by atoms with E-state index in [1.807, 2.05) is 11.3 Å². The van der Waals surface area contributed by atoms with Crippen LogP contribution in [0.5, 0.6) is 0 Å². The van der Waals surface area contributed by atoms with Gasteiger partial charge in [0.25, 0.3) is 0 Å². The van der Waals surface area contributed by atoms with Crippen LogP contribution in [0.1, 0.15) is 51.5 Å². The van der Waals surface area contributed by atoms with Crippen molar-refractivity contribution in [3.8, 4) is 0 Å². The number of nitrogens with one attached hydrogen (secondary N) is 1. The van der Waals surface area contributed by atoms with E-state index in [-0.39, 0.29) is 5.54 Å². The minimum atomic E-state index is 0.225. The second-order valence-corrected chi connectivity index (χ2v) is 5.70. The highest BCUT2D eigenvalue weighted by atomic mass is 32.1. The molecular weight excluding hydrogens is 240 g/mol. The molecule has 0 saturated heterocycles. The first-order valence-corrected chi connectivity index (χ1v) is 8.03. The van der Waals surface area contributed by atoms with Crippen LogP contribution in [0.2, 0.25) is 0 Å². The molecule has 0 radical (unpaired) electrons. The third-order valence-corrected chi connectivity index (χ3v) is 5.21. The van der Waals surface area contributed by atoms with E-state index in [4.69, 9.17) is 0 Å². The average molecular weight is 268 g/mol. The molecular formula is C15H28N2S. The summed E-state index contributed by atoms with van der Waals surface area (Å²) in [5.74, 6) is 0. The van der Waals surface area contributed by atoms with Crippen molar-refractivity contribution in [2.24, 2.45) is 0 Å². The Hall–Kier alpha value is -0.380. The van der Waals surface area contributed by atoms with Crippen LogP contribution in [-0.4, -0.2) is 30.6 Å². The smallest absolute Gasteiger partial charge is 0.0599 e. The van der Waals surface area contributed by atoms with E-state index in [1.54, 1.807) is 0 Å². The topological polar surface area (TPSA) is 15.3 Å². The van der Waals surface area contributed by atoms with Crippen LogP contribution in [0.15, 0.2) is 17.5 Å². The summed E-state index contributed by atoms with van der Waals surface area (Å²) in [6.07, 6.45) is 2.35. The van der Waals surface area contributed by atoms with Gasteiger partial charge >= 0.3 is 0 Å². The monoisotopic (exact) mass is 268 g/mol. The van der Waals surface area contributed by atoms with Gasteiger partial charge in [-0.3, -0.25) is 4.90 Å². The van der Waals surface area contributed by atoms with E-state index in [0.29, 0.717) is 6.04 Å². The number of hydrogen-bond acceptors (Lipinski definition) is 3. The molecule has 3 heteroatoms. The van der Waals surface area contributed by atoms with Crippen molar-refractivity contribution in [1.29, 1.82) is 0 Å². The Balaban J connectivity index is 3.15. The summed E-state index contributed by atoms with van der Waals surface area (Å²) in [7, 11) is 2.09. The fourth-order valence-electron chi connectivity index (χ4n) is 3.27. The van der Waals surface area contributed by atoms with E-state index >= 15 is 0 Å². The molecule has 0 spiro atoms. The normalized spacial score (nSPS) is 14.1. The van der Waals surface area contributed by atoms with Crippen LogP contribution < -0.4 is 5.32 Å². The Kier molecular flexibility index (Phi) is 6.33. The van der Waals surface area contributed by atoms with Gasteiger partial charge in [-0.1, -0.05) is 33.8 Å². The Morgan fingerprint density at radius 2 is 1.83 bits per heavy atom. The number of nitrogens with zero attached hydrogens (tertiary/aromatic N) is 1. The first kappa shape index (κ1) is 15.7. The zero-order valence-electron chi connectivity index (χ0n) is 12.5. The maximum absolute atomic E-state index is 3.57. The third-order valence-electron chi connectivity index (χ3n) is 4.27. The van der Waals surface area contributed by atoms with E-state index in [0.717, 1.165) is 13.1 Å². The second kappa shape index (κ2) is 7.27. The highest BCUT2D eigenvalue weighted by Gasteiger charge is 2.40. The SMILES string of the molecule is CCN(CC)C(CC)(CC)C(NC)c1cccs1. The maximum Gasteiger partial charge on any atom is 0.0599 e. The highest BCUT2D eigenvalue weighted by molar-refractivity contribution is 7.10. The minimum absolute atomic E-state index is 0.225. The van der Waals surface area contributed by atoms with Crippen LogP contribution in [0.3, 0.4) is 0 Å². The van der Waals surface area contributed by atoms with Gasteiger partial charge in [0.15, 0.2) is 0 Å². The average Bonchev–Trinajstić information content (AvgIpc) is 2.92. The molecule has 2 nitrogen and oxygen atoms in total. The number of rotatable bonds is 8. The second-order valence-electron chi connectivity index (χ2n) is 4.72. The van der Waals surface area contributed by atoms with E-state index in [9.17, 15) is 0 Å². The first-order chi connectivity index (χ1) is 8.69. The molecule has 1 atom stereocenters. The molecule has 0 aliphatic heterocycles. The molecule has 1 N–H and O–H groups in total. The zero-order chi connectivity index (χ0) is 13.6. The van der Waals surface area contributed by atoms with Crippen molar-refractivity contribution in [3.63, 3.8) is 0 Å². The molecule has 1 aromatic rings. The quantitative estimate of drug-likeness (QED) is 0.769. The summed E-state index contributed by atoms with van der Waals surface area (Å²) in [6, 6.07) is 4.84. The van der Waals surface area contributed by atoms with Crippen LogP contribution in [0.4, 0.5) is 0 Å². The van der Waals surface area contributed by atoms with Gasteiger partial charge in [0.2, 0.25) is 0 Å². The maximum atomic E-state index is 3.57.